The molecular weight excluding hydrogens is 440 g/mol. The number of unbranched alkanes of at least 4 members (excludes halogenated alkanes) is 2. The molecule has 0 aliphatic carbocycles. The van der Waals surface area contributed by atoms with E-state index in [1.165, 1.54) is 21.8 Å². The number of aromatic nitrogens is 3. The molecule has 9 heteroatoms. The van der Waals surface area contributed by atoms with Gasteiger partial charge < -0.3 is 9.30 Å². The minimum atomic E-state index is -0.640. The highest BCUT2D eigenvalue weighted by molar-refractivity contribution is 7.12. The van der Waals surface area contributed by atoms with E-state index in [9.17, 15) is 14.4 Å². The quantitative estimate of drug-likeness (QED) is 0.235. The first-order valence-electron chi connectivity index (χ1n) is 10.9. The van der Waals surface area contributed by atoms with E-state index in [1.54, 1.807) is 53.4 Å². The van der Waals surface area contributed by atoms with Crippen LogP contribution in [0.3, 0.4) is 0 Å². The highest BCUT2D eigenvalue weighted by Crippen LogP contribution is 2.14. The SMILES string of the molecule is CCCCCn1c(=NC(=O)c2cccs2)c(C(=O)OCC)cc2c(=O)n3ccccc3nc21. The van der Waals surface area contributed by atoms with Gasteiger partial charge in [-0.25, -0.2) is 9.78 Å². The van der Waals surface area contributed by atoms with Crippen LogP contribution in [0.2, 0.25) is 0 Å². The summed E-state index contributed by atoms with van der Waals surface area (Å²) in [6, 6.07) is 10.2. The summed E-state index contributed by atoms with van der Waals surface area (Å²) in [5, 5.41) is 2.06. The number of hydrogen-bond acceptors (Lipinski definition) is 6. The Morgan fingerprint density at radius 3 is 2.73 bits per heavy atom. The Morgan fingerprint density at radius 2 is 2.00 bits per heavy atom. The molecule has 0 aromatic carbocycles. The maximum atomic E-state index is 13.3. The number of aryl methyl sites for hydroxylation is 1. The van der Waals surface area contributed by atoms with Crippen LogP contribution in [-0.2, 0) is 11.3 Å². The molecular formula is C24H24N4O4S. The second-order valence-corrected chi connectivity index (χ2v) is 8.39. The van der Waals surface area contributed by atoms with Crippen molar-refractivity contribution < 1.29 is 14.3 Å². The summed E-state index contributed by atoms with van der Waals surface area (Å²) in [6.45, 7) is 4.39. The molecule has 170 valence electrons. The van der Waals surface area contributed by atoms with Gasteiger partial charge in [-0.2, -0.15) is 4.99 Å². The van der Waals surface area contributed by atoms with Crippen molar-refractivity contribution >= 4 is 39.9 Å². The van der Waals surface area contributed by atoms with Gasteiger partial charge in [0.25, 0.3) is 11.5 Å². The first kappa shape index (κ1) is 22.6. The van der Waals surface area contributed by atoms with Crippen LogP contribution in [-0.4, -0.2) is 32.4 Å². The Hall–Kier alpha value is -3.59. The van der Waals surface area contributed by atoms with Crippen molar-refractivity contribution in [1.29, 1.82) is 0 Å². The van der Waals surface area contributed by atoms with E-state index in [2.05, 4.69) is 11.9 Å². The summed E-state index contributed by atoms with van der Waals surface area (Å²) in [5.41, 5.74) is 0.774. The lowest BCUT2D eigenvalue weighted by molar-refractivity contribution is 0.0523. The molecule has 0 saturated heterocycles. The molecule has 0 aliphatic rings. The number of thiophene rings is 1. The molecule has 8 nitrogen and oxygen atoms in total. The van der Waals surface area contributed by atoms with Crippen LogP contribution < -0.4 is 11.0 Å². The molecule has 0 unspecified atom stereocenters. The predicted octanol–water partition coefficient (Wildman–Crippen LogP) is 3.82. The zero-order chi connectivity index (χ0) is 23.4. The van der Waals surface area contributed by atoms with Crippen molar-refractivity contribution in [3.05, 3.63) is 74.3 Å². The molecule has 1 amide bonds. The van der Waals surface area contributed by atoms with E-state index in [0.29, 0.717) is 22.7 Å². The molecule has 4 aromatic rings. The Kier molecular flexibility index (Phi) is 6.79. The van der Waals surface area contributed by atoms with Gasteiger partial charge >= 0.3 is 5.97 Å². The third kappa shape index (κ3) is 4.49. The largest absolute Gasteiger partial charge is 0.462 e. The number of esters is 1. The molecule has 0 radical (unpaired) electrons. The summed E-state index contributed by atoms with van der Waals surface area (Å²) >= 11 is 1.27. The normalized spacial score (nSPS) is 11.9. The van der Waals surface area contributed by atoms with E-state index in [-0.39, 0.29) is 28.6 Å². The van der Waals surface area contributed by atoms with Gasteiger partial charge in [0.1, 0.15) is 16.9 Å². The minimum Gasteiger partial charge on any atom is -0.462 e. The fourth-order valence-corrected chi connectivity index (χ4v) is 4.25. The van der Waals surface area contributed by atoms with Gasteiger partial charge in [0.2, 0.25) is 0 Å². The third-order valence-corrected chi connectivity index (χ3v) is 6.07. The first-order chi connectivity index (χ1) is 16.0. The van der Waals surface area contributed by atoms with E-state index in [0.717, 1.165) is 19.3 Å². The lowest BCUT2D eigenvalue weighted by Gasteiger charge is -2.15. The molecule has 4 heterocycles. The topological polar surface area (TPSA) is 95.0 Å². The molecule has 4 aromatic heterocycles. The maximum absolute atomic E-state index is 13.3. The van der Waals surface area contributed by atoms with E-state index >= 15 is 0 Å². The number of carbonyl (C=O) groups excluding carboxylic acids is 2. The van der Waals surface area contributed by atoms with Crippen molar-refractivity contribution in [2.45, 2.75) is 39.7 Å². The zero-order valence-corrected chi connectivity index (χ0v) is 19.3. The number of carbonyl (C=O) groups is 2. The lowest BCUT2D eigenvalue weighted by Crippen LogP contribution is -2.32. The Morgan fingerprint density at radius 1 is 1.15 bits per heavy atom. The molecule has 0 bridgehead atoms. The van der Waals surface area contributed by atoms with Crippen LogP contribution in [0.5, 0.6) is 0 Å². The number of hydrogen-bond donors (Lipinski definition) is 0. The van der Waals surface area contributed by atoms with Gasteiger partial charge in [-0.1, -0.05) is 31.9 Å². The minimum absolute atomic E-state index is 0.0699. The molecule has 33 heavy (non-hydrogen) atoms. The van der Waals surface area contributed by atoms with Gasteiger partial charge in [-0.3, -0.25) is 14.0 Å². The molecule has 0 spiro atoms. The van der Waals surface area contributed by atoms with Crippen LogP contribution in [0.15, 0.2) is 57.8 Å². The van der Waals surface area contributed by atoms with Crippen molar-refractivity contribution in [1.82, 2.24) is 14.0 Å². The third-order valence-electron chi connectivity index (χ3n) is 5.21. The second-order valence-electron chi connectivity index (χ2n) is 7.44. The van der Waals surface area contributed by atoms with Gasteiger partial charge in [-0.15, -0.1) is 11.3 Å². The highest BCUT2D eigenvalue weighted by atomic mass is 32.1. The number of nitrogens with zero attached hydrogens (tertiary/aromatic N) is 4. The standard InChI is InChI=1S/C24H24N4O4S/c1-3-5-7-13-28-20-16(23(30)27-12-8-6-11-19(27)25-20)15-17(24(31)32-4-2)21(28)26-22(29)18-10-9-14-33-18/h6,8-12,14-15H,3-5,7,13H2,1-2H3. The van der Waals surface area contributed by atoms with Crippen molar-refractivity contribution in [3.8, 4) is 0 Å². The highest BCUT2D eigenvalue weighted by Gasteiger charge is 2.20. The van der Waals surface area contributed by atoms with Gasteiger partial charge in [-0.05, 0) is 43.0 Å². The molecule has 0 N–H and O–H groups in total. The predicted molar refractivity (Wildman–Crippen MR) is 127 cm³/mol. The van der Waals surface area contributed by atoms with Crippen molar-refractivity contribution in [3.63, 3.8) is 0 Å². The first-order valence-corrected chi connectivity index (χ1v) is 11.8. The second kappa shape index (κ2) is 9.91. The summed E-state index contributed by atoms with van der Waals surface area (Å²) in [7, 11) is 0. The lowest BCUT2D eigenvalue weighted by atomic mass is 10.2. The summed E-state index contributed by atoms with van der Waals surface area (Å²) in [6.07, 6.45) is 4.32. The van der Waals surface area contributed by atoms with Crippen LogP contribution in [0, 0.1) is 0 Å². The maximum Gasteiger partial charge on any atom is 0.341 e. The fraction of sp³-hybridized carbons (Fsp3) is 0.292. The van der Waals surface area contributed by atoms with Gasteiger partial charge in [0.05, 0.1) is 16.9 Å². The Bertz CT molecular complexity index is 1450. The van der Waals surface area contributed by atoms with Crippen molar-refractivity contribution in [2.24, 2.45) is 4.99 Å². The molecule has 0 atom stereocenters. The number of pyridine rings is 2. The number of amides is 1. The van der Waals surface area contributed by atoms with E-state index < -0.39 is 11.9 Å². The molecule has 0 aliphatic heterocycles. The fourth-order valence-electron chi connectivity index (χ4n) is 3.64. The van der Waals surface area contributed by atoms with E-state index in [4.69, 9.17) is 9.72 Å². The molecule has 0 fully saturated rings. The van der Waals surface area contributed by atoms with Crippen molar-refractivity contribution in [2.75, 3.05) is 6.61 Å². The average Bonchev–Trinajstić information content (AvgIpc) is 3.36. The van der Waals surface area contributed by atoms with Gasteiger partial charge in [0, 0.05) is 12.7 Å². The zero-order valence-electron chi connectivity index (χ0n) is 18.5. The summed E-state index contributed by atoms with van der Waals surface area (Å²) in [4.78, 5) is 48.6. The van der Waals surface area contributed by atoms with Crippen LogP contribution in [0.1, 0.15) is 53.1 Å². The summed E-state index contributed by atoms with van der Waals surface area (Å²) in [5.74, 6) is -1.10. The number of ether oxygens (including phenoxy) is 1. The van der Waals surface area contributed by atoms with Gasteiger partial charge in [0.15, 0.2) is 5.49 Å². The average molecular weight is 465 g/mol. The van der Waals surface area contributed by atoms with Crippen LogP contribution >= 0.6 is 11.3 Å². The number of fused-ring (bicyclic) bond motifs is 2. The Labute approximate surface area is 193 Å². The molecule has 0 saturated carbocycles. The summed E-state index contributed by atoms with van der Waals surface area (Å²) < 4.78 is 8.38. The van der Waals surface area contributed by atoms with E-state index in [1.807, 2.05) is 0 Å². The molecule has 4 rings (SSSR count). The number of rotatable bonds is 7. The smallest absolute Gasteiger partial charge is 0.341 e. The van der Waals surface area contributed by atoms with Crippen LogP contribution in [0.25, 0.3) is 16.7 Å². The Balaban J connectivity index is 2.10. The van der Waals surface area contributed by atoms with Crippen LogP contribution in [0.4, 0.5) is 0 Å². The monoisotopic (exact) mass is 464 g/mol.